The Morgan fingerprint density at radius 1 is 1.24 bits per heavy atom. The molecular formula is C14H14F2N2O3. The molecule has 21 heavy (non-hydrogen) atoms. The quantitative estimate of drug-likeness (QED) is 0.676. The van der Waals surface area contributed by atoms with E-state index in [9.17, 15) is 18.9 Å². The van der Waals surface area contributed by atoms with Crippen molar-refractivity contribution < 1.29 is 18.1 Å². The predicted octanol–water partition coefficient (Wildman–Crippen LogP) is 4.26. The van der Waals surface area contributed by atoms with Crippen molar-refractivity contribution in [3.63, 3.8) is 0 Å². The Morgan fingerprint density at radius 3 is 2.24 bits per heavy atom. The molecule has 1 N–H and O–H groups in total. The van der Waals surface area contributed by atoms with Crippen molar-refractivity contribution >= 4 is 11.4 Å². The standard InChI is InChI=1S/C14H14F2N2O3/c1-7-4-11(9(3)21-7)8(2)17-14-12(15)5-10(18(19)20)6-13(14)16/h4-6,8,17H,1-3H3. The van der Waals surface area contributed by atoms with Crippen LogP contribution in [0.5, 0.6) is 0 Å². The summed E-state index contributed by atoms with van der Waals surface area (Å²) in [5, 5.41) is 13.2. The van der Waals surface area contributed by atoms with Crippen molar-refractivity contribution in [2.24, 2.45) is 0 Å². The average Bonchev–Trinajstić information content (AvgIpc) is 2.72. The summed E-state index contributed by atoms with van der Waals surface area (Å²) in [6.07, 6.45) is 0. The van der Waals surface area contributed by atoms with Crippen LogP contribution in [-0.4, -0.2) is 4.92 Å². The molecule has 0 amide bonds. The number of nitro benzene ring substituents is 1. The third-order valence-electron chi connectivity index (χ3n) is 3.14. The van der Waals surface area contributed by atoms with Gasteiger partial charge in [-0.05, 0) is 26.8 Å². The first-order valence-corrected chi connectivity index (χ1v) is 6.26. The number of halogens is 2. The normalized spacial score (nSPS) is 12.2. The van der Waals surface area contributed by atoms with Crippen LogP contribution in [0.3, 0.4) is 0 Å². The van der Waals surface area contributed by atoms with Crippen LogP contribution >= 0.6 is 0 Å². The molecule has 0 spiro atoms. The maximum atomic E-state index is 13.8. The monoisotopic (exact) mass is 296 g/mol. The molecule has 0 fully saturated rings. The first-order valence-electron chi connectivity index (χ1n) is 6.26. The lowest BCUT2D eigenvalue weighted by molar-refractivity contribution is -0.385. The van der Waals surface area contributed by atoms with Gasteiger partial charge in [0.25, 0.3) is 5.69 Å². The van der Waals surface area contributed by atoms with Crippen LogP contribution < -0.4 is 5.32 Å². The van der Waals surface area contributed by atoms with Gasteiger partial charge in [0.05, 0.1) is 23.1 Å². The van der Waals surface area contributed by atoms with Crippen LogP contribution in [0.2, 0.25) is 0 Å². The molecule has 0 radical (unpaired) electrons. The van der Waals surface area contributed by atoms with Crippen LogP contribution in [0.4, 0.5) is 20.2 Å². The van der Waals surface area contributed by atoms with Gasteiger partial charge in [-0.15, -0.1) is 0 Å². The van der Waals surface area contributed by atoms with Gasteiger partial charge in [0.2, 0.25) is 0 Å². The number of benzene rings is 1. The fourth-order valence-corrected chi connectivity index (χ4v) is 2.18. The minimum Gasteiger partial charge on any atom is -0.466 e. The molecule has 0 aliphatic carbocycles. The Morgan fingerprint density at radius 2 is 1.81 bits per heavy atom. The number of anilines is 1. The Hall–Kier alpha value is -2.44. The smallest absolute Gasteiger partial charge is 0.275 e. The van der Waals surface area contributed by atoms with Gasteiger partial charge in [-0.1, -0.05) is 0 Å². The summed E-state index contributed by atoms with van der Waals surface area (Å²) in [5.41, 5.74) is -0.255. The lowest BCUT2D eigenvalue weighted by atomic mass is 10.1. The van der Waals surface area contributed by atoms with E-state index in [1.54, 1.807) is 26.8 Å². The minimum atomic E-state index is -1.01. The molecule has 112 valence electrons. The molecule has 1 atom stereocenters. The molecule has 5 nitrogen and oxygen atoms in total. The maximum Gasteiger partial charge on any atom is 0.275 e. The third-order valence-corrected chi connectivity index (χ3v) is 3.14. The highest BCUT2D eigenvalue weighted by Crippen LogP contribution is 2.30. The van der Waals surface area contributed by atoms with Crippen molar-refractivity contribution in [1.29, 1.82) is 0 Å². The number of aryl methyl sites for hydroxylation is 2. The molecular weight excluding hydrogens is 282 g/mol. The topological polar surface area (TPSA) is 68.3 Å². The van der Waals surface area contributed by atoms with Crippen molar-refractivity contribution in [2.45, 2.75) is 26.8 Å². The van der Waals surface area contributed by atoms with E-state index in [1.807, 2.05) is 0 Å². The number of rotatable bonds is 4. The Kier molecular flexibility index (Phi) is 3.93. The molecule has 7 heteroatoms. The highest BCUT2D eigenvalue weighted by atomic mass is 19.1. The van der Waals surface area contributed by atoms with Crippen LogP contribution in [0.15, 0.2) is 22.6 Å². The summed E-state index contributed by atoms with van der Waals surface area (Å²) in [7, 11) is 0. The van der Waals surface area contributed by atoms with Crippen molar-refractivity contribution in [3.05, 3.63) is 57.0 Å². The largest absolute Gasteiger partial charge is 0.466 e. The number of nitro groups is 1. The lowest BCUT2D eigenvalue weighted by Crippen LogP contribution is -2.10. The van der Waals surface area contributed by atoms with Gasteiger partial charge in [0.1, 0.15) is 17.2 Å². The molecule has 0 aliphatic heterocycles. The minimum absolute atomic E-state index is 0.397. The van der Waals surface area contributed by atoms with Crippen LogP contribution in [0.25, 0.3) is 0 Å². The van der Waals surface area contributed by atoms with Crippen molar-refractivity contribution in [1.82, 2.24) is 0 Å². The van der Waals surface area contributed by atoms with Gasteiger partial charge in [-0.2, -0.15) is 0 Å². The predicted molar refractivity (Wildman–Crippen MR) is 73.2 cm³/mol. The number of hydrogen-bond donors (Lipinski definition) is 1. The zero-order chi connectivity index (χ0) is 15.7. The molecule has 1 heterocycles. The first kappa shape index (κ1) is 15.0. The molecule has 0 saturated carbocycles. The van der Waals surface area contributed by atoms with E-state index in [1.165, 1.54) is 0 Å². The summed E-state index contributed by atoms with van der Waals surface area (Å²) in [5.74, 6) is -0.672. The molecule has 2 aromatic rings. The third kappa shape index (κ3) is 3.01. The summed E-state index contributed by atoms with van der Waals surface area (Å²) in [4.78, 5) is 9.70. The molecule has 0 aliphatic rings. The zero-order valence-corrected chi connectivity index (χ0v) is 11.7. The van der Waals surface area contributed by atoms with Gasteiger partial charge in [0.15, 0.2) is 11.6 Å². The molecule has 2 rings (SSSR count). The van der Waals surface area contributed by atoms with Crippen molar-refractivity contribution in [3.8, 4) is 0 Å². The second-order valence-electron chi connectivity index (χ2n) is 4.78. The Bertz CT molecular complexity index is 675. The molecule has 1 aromatic carbocycles. The Balaban J connectivity index is 2.31. The second-order valence-corrected chi connectivity index (χ2v) is 4.78. The van der Waals surface area contributed by atoms with Gasteiger partial charge in [-0.25, -0.2) is 8.78 Å². The highest BCUT2D eigenvalue weighted by molar-refractivity contribution is 5.53. The molecule has 1 unspecified atom stereocenters. The number of hydrogen-bond acceptors (Lipinski definition) is 4. The fourth-order valence-electron chi connectivity index (χ4n) is 2.18. The summed E-state index contributed by atoms with van der Waals surface area (Å²) < 4.78 is 33.0. The van der Waals surface area contributed by atoms with E-state index in [0.29, 0.717) is 23.7 Å². The summed E-state index contributed by atoms with van der Waals surface area (Å²) >= 11 is 0. The first-order chi connectivity index (χ1) is 9.79. The fraction of sp³-hybridized carbons (Fsp3) is 0.286. The second kappa shape index (κ2) is 5.51. The van der Waals surface area contributed by atoms with Crippen LogP contribution in [0.1, 0.15) is 30.0 Å². The van der Waals surface area contributed by atoms with E-state index in [2.05, 4.69) is 5.32 Å². The van der Waals surface area contributed by atoms with E-state index in [4.69, 9.17) is 4.42 Å². The van der Waals surface area contributed by atoms with Crippen LogP contribution in [-0.2, 0) is 0 Å². The number of furan rings is 1. The van der Waals surface area contributed by atoms with Crippen LogP contribution in [0, 0.1) is 35.6 Å². The SMILES string of the molecule is Cc1cc(C(C)Nc2c(F)cc([N+](=O)[O-])cc2F)c(C)o1. The van der Waals surface area contributed by atoms with Gasteiger partial charge < -0.3 is 9.73 Å². The lowest BCUT2D eigenvalue weighted by Gasteiger charge is -2.15. The number of nitrogens with one attached hydrogen (secondary N) is 1. The number of nitrogens with zero attached hydrogens (tertiary/aromatic N) is 1. The van der Waals surface area contributed by atoms with E-state index < -0.39 is 34.0 Å². The zero-order valence-electron chi connectivity index (χ0n) is 11.7. The van der Waals surface area contributed by atoms with Crippen molar-refractivity contribution in [2.75, 3.05) is 5.32 Å². The van der Waals surface area contributed by atoms with E-state index in [0.717, 1.165) is 5.56 Å². The Labute approximate surface area is 119 Å². The summed E-state index contributed by atoms with van der Waals surface area (Å²) in [6.45, 7) is 5.25. The maximum absolute atomic E-state index is 13.8. The van der Waals surface area contributed by atoms with Gasteiger partial charge >= 0.3 is 0 Å². The number of non-ortho nitro benzene ring substituents is 1. The molecule has 1 aromatic heterocycles. The van der Waals surface area contributed by atoms with E-state index in [-0.39, 0.29) is 0 Å². The average molecular weight is 296 g/mol. The van der Waals surface area contributed by atoms with E-state index >= 15 is 0 Å². The highest BCUT2D eigenvalue weighted by Gasteiger charge is 2.20. The summed E-state index contributed by atoms with van der Waals surface area (Å²) in [6, 6.07) is 2.73. The molecule has 0 bridgehead atoms. The molecule has 0 saturated heterocycles. The van der Waals surface area contributed by atoms with Gasteiger partial charge in [-0.3, -0.25) is 10.1 Å². The van der Waals surface area contributed by atoms with Gasteiger partial charge in [0, 0.05) is 5.56 Å².